The summed E-state index contributed by atoms with van der Waals surface area (Å²) in [6.45, 7) is 1.65. The Hall–Kier alpha value is -2.42. The standard InChI is InChI=1S/C19H18N6S2/c26-19-24(21-22-25(19)14-7-2-1-3-8-14)13-23-12-6-10-16(23)18-20-15-9-4-5-11-17(15)27-18/h1-5,7-9,11,16H,6,10,12-13H2/t16-/m0/s1. The highest BCUT2D eigenvalue weighted by molar-refractivity contribution is 7.71. The van der Waals surface area contributed by atoms with Gasteiger partial charge in [-0.3, -0.25) is 4.90 Å². The van der Waals surface area contributed by atoms with Crippen LogP contribution < -0.4 is 0 Å². The summed E-state index contributed by atoms with van der Waals surface area (Å²) in [5, 5.41) is 9.72. The first-order valence-corrected chi connectivity index (χ1v) is 10.2. The van der Waals surface area contributed by atoms with Crippen molar-refractivity contribution in [3.05, 3.63) is 64.4 Å². The second kappa shape index (κ2) is 6.95. The van der Waals surface area contributed by atoms with Crippen molar-refractivity contribution in [1.29, 1.82) is 0 Å². The highest BCUT2D eigenvalue weighted by Crippen LogP contribution is 2.36. The number of aromatic nitrogens is 5. The molecule has 0 spiro atoms. The monoisotopic (exact) mass is 394 g/mol. The van der Waals surface area contributed by atoms with E-state index in [1.54, 1.807) is 20.7 Å². The number of para-hydroxylation sites is 2. The van der Waals surface area contributed by atoms with Crippen LogP contribution in [-0.4, -0.2) is 36.2 Å². The molecule has 1 atom stereocenters. The maximum absolute atomic E-state index is 5.61. The lowest BCUT2D eigenvalue weighted by Crippen LogP contribution is -2.27. The molecular formula is C19H18N6S2. The van der Waals surface area contributed by atoms with Crippen molar-refractivity contribution < 1.29 is 0 Å². The second-order valence-electron chi connectivity index (χ2n) is 6.64. The minimum Gasteiger partial charge on any atom is -0.275 e. The first-order chi connectivity index (χ1) is 13.3. The third-order valence-electron chi connectivity index (χ3n) is 4.91. The molecule has 0 N–H and O–H groups in total. The molecule has 0 aliphatic carbocycles. The molecule has 0 radical (unpaired) electrons. The molecule has 0 bridgehead atoms. The number of hydrogen-bond acceptors (Lipinski definition) is 6. The molecule has 2 aromatic carbocycles. The fourth-order valence-corrected chi connectivity index (χ4v) is 4.95. The Morgan fingerprint density at radius 2 is 1.85 bits per heavy atom. The van der Waals surface area contributed by atoms with Crippen LogP contribution in [-0.2, 0) is 6.67 Å². The maximum atomic E-state index is 5.61. The summed E-state index contributed by atoms with van der Waals surface area (Å²) in [6.07, 6.45) is 2.26. The van der Waals surface area contributed by atoms with Crippen LogP contribution in [0.3, 0.4) is 0 Å². The van der Waals surface area contributed by atoms with E-state index in [0.29, 0.717) is 17.5 Å². The molecule has 2 aromatic heterocycles. The molecule has 1 fully saturated rings. The lowest BCUT2D eigenvalue weighted by molar-refractivity contribution is 0.188. The van der Waals surface area contributed by atoms with E-state index < -0.39 is 0 Å². The summed E-state index contributed by atoms with van der Waals surface area (Å²) in [4.78, 5) is 7.26. The van der Waals surface area contributed by atoms with Gasteiger partial charge in [-0.15, -0.1) is 11.3 Å². The summed E-state index contributed by atoms with van der Waals surface area (Å²) in [5.74, 6) is 0. The molecule has 5 rings (SSSR count). The van der Waals surface area contributed by atoms with Crippen LogP contribution in [0.25, 0.3) is 15.9 Å². The van der Waals surface area contributed by atoms with Crippen molar-refractivity contribution in [2.24, 2.45) is 0 Å². The summed E-state index contributed by atoms with van der Waals surface area (Å²) in [6, 6.07) is 18.5. The molecule has 0 unspecified atom stereocenters. The van der Waals surface area contributed by atoms with E-state index in [9.17, 15) is 0 Å². The van der Waals surface area contributed by atoms with E-state index in [1.165, 1.54) is 9.71 Å². The molecule has 0 amide bonds. The molecule has 27 heavy (non-hydrogen) atoms. The quantitative estimate of drug-likeness (QED) is 0.486. The number of thiazole rings is 1. The largest absolute Gasteiger partial charge is 0.275 e. The van der Waals surface area contributed by atoms with Gasteiger partial charge in [0.2, 0.25) is 4.77 Å². The zero-order chi connectivity index (χ0) is 18.2. The Kier molecular flexibility index (Phi) is 4.31. The molecule has 8 heteroatoms. The predicted molar refractivity (Wildman–Crippen MR) is 108 cm³/mol. The van der Waals surface area contributed by atoms with Gasteiger partial charge in [-0.25, -0.2) is 9.67 Å². The van der Waals surface area contributed by atoms with Gasteiger partial charge in [0.05, 0.1) is 28.6 Å². The Morgan fingerprint density at radius 1 is 1.04 bits per heavy atom. The van der Waals surface area contributed by atoms with Crippen molar-refractivity contribution in [2.45, 2.75) is 25.6 Å². The van der Waals surface area contributed by atoms with E-state index in [1.807, 2.05) is 36.4 Å². The van der Waals surface area contributed by atoms with Crippen LogP contribution in [0, 0.1) is 4.77 Å². The SMILES string of the molecule is S=c1n(CN2CCC[C@H]2c2nc3ccccc3s2)nnn1-c1ccccc1. The minimum atomic E-state index is 0.311. The van der Waals surface area contributed by atoms with Crippen molar-refractivity contribution in [3.8, 4) is 5.69 Å². The van der Waals surface area contributed by atoms with Crippen LogP contribution >= 0.6 is 23.6 Å². The second-order valence-corrected chi connectivity index (χ2v) is 8.07. The van der Waals surface area contributed by atoms with Gasteiger partial charge in [-0.1, -0.05) is 30.3 Å². The van der Waals surface area contributed by atoms with Gasteiger partial charge < -0.3 is 0 Å². The molecule has 4 aromatic rings. The van der Waals surface area contributed by atoms with Crippen molar-refractivity contribution in [2.75, 3.05) is 6.54 Å². The molecule has 6 nitrogen and oxygen atoms in total. The molecular weight excluding hydrogens is 376 g/mol. The average molecular weight is 395 g/mol. The topological polar surface area (TPSA) is 51.8 Å². The Bertz CT molecular complexity index is 1100. The van der Waals surface area contributed by atoms with Crippen molar-refractivity contribution >= 4 is 33.8 Å². The van der Waals surface area contributed by atoms with Crippen molar-refractivity contribution in [1.82, 2.24) is 29.7 Å². The fourth-order valence-electron chi connectivity index (χ4n) is 3.57. The zero-order valence-electron chi connectivity index (χ0n) is 14.6. The number of benzene rings is 2. The van der Waals surface area contributed by atoms with Crippen LogP contribution in [0.2, 0.25) is 0 Å². The van der Waals surface area contributed by atoms with E-state index in [4.69, 9.17) is 17.2 Å². The van der Waals surface area contributed by atoms with Gasteiger partial charge in [0, 0.05) is 6.54 Å². The van der Waals surface area contributed by atoms with Gasteiger partial charge in [-0.05, 0) is 59.8 Å². The van der Waals surface area contributed by atoms with Gasteiger partial charge in [0.1, 0.15) is 5.01 Å². The molecule has 1 saturated heterocycles. The average Bonchev–Trinajstić information content (AvgIpc) is 3.41. The summed E-state index contributed by atoms with van der Waals surface area (Å²) in [5.41, 5.74) is 2.01. The number of fused-ring (bicyclic) bond motifs is 1. The first kappa shape index (κ1) is 16.7. The van der Waals surface area contributed by atoms with E-state index in [0.717, 1.165) is 30.6 Å². The van der Waals surface area contributed by atoms with Crippen LogP contribution in [0.4, 0.5) is 0 Å². The van der Waals surface area contributed by atoms with Gasteiger partial charge in [0.15, 0.2) is 0 Å². The van der Waals surface area contributed by atoms with Gasteiger partial charge in [0.25, 0.3) is 0 Å². The van der Waals surface area contributed by atoms with Crippen LogP contribution in [0.1, 0.15) is 23.9 Å². The van der Waals surface area contributed by atoms with Crippen LogP contribution in [0.5, 0.6) is 0 Å². The molecule has 3 heterocycles. The van der Waals surface area contributed by atoms with Gasteiger partial charge in [-0.2, -0.15) is 4.68 Å². The van der Waals surface area contributed by atoms with E-state index in [2.05, 4.69) is 33.5 Å². The normalized spacial score (nSPS) is 17.7. The third kappa shape index (κ3) is 3.09. The maximum Gasteiger partial charge on any atom is 0.221 e. The molecule has 1 aliphatic rings. The molecule has 0 saturated carbocycles. The Balaban J connectivity index is 1.42. The number of likely N-dealkylation sites (tertiary alicyclic amines) is 1. The fraction of sp³-hybridized carbons (Fsp3) is 0.263. The Labute approximate surface area is 165 Å². The number of tetrazole rings is 1. The zero-order valence-corrected chi connectivity index (χ0v) is 16.2. The third-order valence-corrected chi connectivity index (χ3v) is 6.44. The Morgan fingerprint density at radius 3 is 2.70 bits per heavy atom. The lowest BCUT2D eigenvalue weighted by Gasteiger charge is -2.21. The molecule has 1 aliphatic heterocycles. The lowest BCUT2D eigenvalue weighted by atomic mass is 10.2. The number of nitrogens with zero attached hydrogens (tertiary/aromatic N) is 6. The van der Waals surface area contributed by atoms with Crippen molar-refractivity contribution in [3.63, 3.8) is 0 Å². The summed E-state index contributed by atoms with van der Waals surface area (Å²) < 4.78 is 5.36. The smallest absolute Gasteiger partial charge is 0.221 e. The van der Waals surface area contributed by atoms with E-state index >= 15 is 0 Å². The molecule has 136 valence electrons. The first-order valence-electron chi connectivity index (χ1n) is 8.97. The minimum absolute atomic E-state index is 0.311. The highest BCUT2D eigenvalue weighted by atomic mass is 32.1. The highest BCUT2D eigenvalue weighted by Gasteiger charge is 2.29. The number of rotatable bonds is 4. The number of hydrogen-bond donors (Lipinski definition) is 0. The van der Waals surface area contributed by atoms with E-state index in [-0.39, 0.29) is 0 Å². The summed E-state index contributed by atoms with van der Waals surface area (Å²) in [7, 11) is 0. The van der Waals surface area contributed by atoms with Crippen LogP contribution in [0.15, 0.2) is 54.6 Å². The van der Waals surface area contributed by atoms with Gasteiger partial charge >= 0.3 is 0 Å². The predicted octanol–water partition coefficient (Wildman–Crippen LogP) is 4.20. The summed E-state index contributed by atoms with van der Waals surface area (Å²) >= 11 is 7.40.